The minimum atomic E-state index is -3.98. The summed E-state index contributed by atoms with van der Waals surface area (Å²) in [4.78, 5) is 26.7. The van der Waals surface area contributed by atoms with Crippen LogP contribution in [0.15, 0.2) is 53.4 Å². The first-order valence-corrected chi connectivity index (χ1v) is 12.3. The molecule has 0 spiro atoms. The van der Waals surface area contributed by atoms with Gasteiger partial charge < -0.3 is 9.64 Å². The smallest absolute Gasteiger partial charge is 0.309 e. The van der Waals surface area contributed by atoms with Crippen molar-refractivity contribution in [2.75, 3.05) is 30.5 Å². The van der Waals surface area contributed by atoms with E-state index in [4.69, 9.17) is 16.3 Å². The Bertz CT molecular complexity index is 1050. The van der Waals surface area contributed by atoms with Gasteiger partial charge in [0.1, 0.15) is 6.54 Å². The number of esters is 1. The summed E-state index contributed by atoms with van der Waals surface area (Å²) in [7, 11) is -3.98. The number of piperidine rings is 1. The van der Waals surface area contributed by atoms with E-state index in [9.17, 15) is 18.0 Å². The summed E-state index contributed by atoms with van der Waals surface area (Å²) in [5.41, 5.74) is 1.28. The highest BCUT2D eigenvalue weighted by Gasteiger charge is 2.32. The van der Waals surface area contributed by atoms with Gasteiger partial charge in [0.15, 0.2) is 0 Å². The van der Waals surface area contributed by atoms with Crippen molar-refractivity contribution in [2.24, 2.45) is 5.92 Å². The molecule has 0 unspecified atom stereocenters. The largest absolute Gasteiger partial charge is 0.466 e. The molecule has 1 heterocycles. The van der Waals surface area contributed by atoms with Crippen LogP contribution in [0.3, 0.4) is 0 Å². The molecule has 0 atom stereocenters. The van der Waals surface area contributed by atoms with Gasteiger partial charge in [0.05, 0.1) is 23.1 Å². The molecule has 7 nitrogen and oxygen atoms in total. The number of rotatable bonds is 7. The third kappa shape index (κ3) is 5.61. The molecule has 1 aliphatic heterocycles. The fraction of sp³-hybridized carbons (Fsp3) is 0.391. The lowest BCUT2D eigenvalue weighted by molar-refractivity contribution is -0.151. The Morgan fingerprint density at radius 2 is 1.66 bits per heavy atom. The Labute approximate surface area is 194 Å². The number of halogens is 1. The van der Waals surface area contributed by atoms with E-state index < -0.39 is 10.0 Å². The number of amides is 1. The van der Waals surface area contributed by atoms with Gasteiger partial charge in [-0.1, -0.05) is 29.3 Å². The molecular weight excluding hydrogens is 452 g/mol. The van der Waals surface area contributed by atoms with Crippen molar-refractivity contribution >= 4 is 39.2 Å². The Morgan fingerprint density at radius 1 is 1.06 bits per heavy atom. The van der Waals surface area contributed by atoms with Gasteiger partial charge in [0, 0.05) is 18.1 Å². The monoisotopic (exact) mass is 478 g/mol. The summed E-state index contributed by atoms with van der Waals surface area (Å²) in [5.74, 6) is -0.801. The maximum atomic E-state index is 13.4. The van der Waals surface area contributed by atoms with Crippen LogP contribution in [0.1, 0.15) is 25.3 Å². The van der Waals surface area contributed by atoms with E-state index in [1.54, 1.807) is 48.2 Å². The molecule has 1 saturated heterocycles. The van der Waals surface area contributed by atoms with Gasteiger partial charge in [-0.05, 0) is 63.1 Å². The lowest BCUT2D eigenvalue weighted by Crippen LogP contribution is -2.46. The summed E-state index contributed by atoms with van der Waals surface area (Å²) in [6.45, 7) is 4.36. The Kier molecular flexibility index (Phi) is 7.79. The third-order valence-electron chi connectivity index (χ3n) is 5.47. The van der Waals surface area contributed by atoms with Crippen LogP contribution in [0.2, 0.25) is 5.02 Å². The van der Waals surface area contributed by atoms with Crippen molar-refractivity contribution in [3.8, 4) is 0 Å². The quantitative estimate of drug-likeness (QED) is 0.567. The highest BCUT2D eigenvalue weighted by molar-refractivity contribution is 7.92. The minimum absolute atomic E-state index is 0.104. The Hall–Kier alpha value is -2.58. The maximum Gasteiger partial charge on any atom is 0.309 e. The molecule has 1 fully saturated rings. The topological polar surface area (TPSA) is 84.0 Å². The molecule has 0 saturated carbocycles. The molecule has 2 aromatic carbocycles. The van der Waals surface area contributed by atoms with Crippen LogP contribution < -0.4 is 4.31 Å². The molecule has 0 N–H and O–H groups in total. The predicted molar refractivity (Wildman–Crippen MR) is 123 cm³/mol. The van der Waals surface area contributed by atoms with Crippen molar-refractivity contribution in [3.05, 3.63) is 59.1 Å². The first-order valence-electron chi connectivity index (χ1n) is 10.5. The van der Waals surface area contributed by atoms with Gasteiger partial charge in [0.25, 0.3) is 10.0 Å². The number of hydrogen-bond acceptors (Lipinski definition) is 5. The molecular formula is C23H27ClN2O5S. The lowest BCUT2D eigenvalue weighted by Gasteiger charge is -2.33. The van der Waals surface area contributed by atoms with Crippen molar-refractivity contribution < 1.29 is 22.7 Å². The van der Waals surface area contributed by atoms with E-state index in [1.165, 1.54) is 12.1 Å². The fourth-order valence-corrected chi connectivity index (χ4v) is 5.15. The number of ether oxygens (including phenoxy) is 1. The molecule has 9 heteroatoms. The standard InChI is InChI=1S/C23H27ClN2O5S/c1-3-31-23(28)18-12-14-25(15-13-18)22(27)16-26(20-8-6-19(24)7-9-20)32(29,30)21-10-4-17(2)5-11-21/h4-11,18H,3,12-16H2,1-2H3. The highest BCUT2D eigenvalue weighted by atomic mass is 35.5. The van der Waals surface area contributed by atoms with Gasteiger partial charge in [-0.15, -0.1) is 0 Å². The summed E-state index contributed by atoms with van der Waals surface area (Å²) in [6.07, 6.45) is 0.993. The number of anilines is 1. The normalized spacial score (nSPS) is 14.8. The number of sulfonamides is 1. The second-order valence-corrected chi connectivity index (χ2v) is 10.0. The number of carbonyl (C=O) groups is 2. The molecule has 1 amide bonds. The first kappa shape index (κ1) is 24.1. The van der Waals surface area contributed by atoms with Crippen LogP contribution in [0.5, 0.6) is 0 Å². The van der Waals surface area contributed by atoms with E-state index >= 15 is 0 Å². The molecule has 0 aliphatic carbocycles. The second kappa shape index (κ2) is 10.4. The average Bonchev–Trinajstić information content (AvgIpc) is 2.78. The van der Waals surface area contributed by atoms with Gasteiger partial charge in [-0.3, -0.25) is 13.9 Å². The van der Waals surface area contributed by atoms with E-state index in [-0.39, 0.29) is 29.2 Å². The molecule has 1 aliphatic rings. The minimum Gasteiger partial charge on any atom is -0.466 e. The van der Waals surface area contributed by atoms with Crippen molar-refractivity contribution in [1.82, 2.24) is 4.90 Å². The van der Waals surface area contributed by atoms with Crippen molar-refractivity contribution in [3.63, 3.8) is 0 Å². The van der Waals surface area contributed by atoms with Crippen molar-refractivity contribution in [1.29, 1.82) is 0 Å². The van der Waals surface area contributed by atoms with Crippen LogP contribution >= 0.6 is 11.6 Å². The first-order chi connectivity index (χ1) is 15.2. The summed E-state index contributed by atoms with van der Waals surface area (Å²) >= 11 is 5.97. The molecule has 3 rings (SSSR count). The molecule has 2 aromatic rings. The number of likely N-dealkylation sites (tertiary alicyclic amines) is 1. The number of hydrogen-bond donors (Lipinski definition) is 0. The zero-order valence-electron chi connectivity index (χ0n) is 18.2. The van der Waals surface area contributed by atoms with E-state index in [0.29, 0.717) is 43.2 Å². The third-order valence-corrected chi connectivity index (χ3v) is 7.51. The van der Waals surface area contributed by atoms with Gasteiger partial charge in [-0.25, -0.2) is 8.42 Å². The Balaban J connectivity index is 1.80. The number of benzene rings is 2. The molecule has 32 heavy (non-hydrogen) atoms. The van der Waals surface area contributed by atoms with Crippen LogP contribution in [-0.4, -0.2) is 51.4 Å². The number of aryl methyl sites for hydroxylation is 1. The summed E-state index contributed by atoms with van der Waals surface area (Å²) < 4.78 is 33.0. The summed E-state index contributed by atoms with van der Waals surface area (Å²) in [5, 5.41) is 0.466. The SMILES string of the molecule is CCOC(=O)C1CCN(C(=O)CN(c2ccc(Cl)cc2)S(=O)(=O)c2ccc(C)cc2)CC1. The second-order valence-electron chi connectivity index (χ2n) is 7.71. The van der Waals surface area contributed by atoms with Crippen LogP contribution in [0.4, 0.5) is 5.69 Å². The predicted octanol–water partition coefficient (Wildman–Crippen LogP) is 3.65. The van der Waals surface area contributed by atoms with Gasteiger partial charge in [0.2, 0.25) is 5.91 Å². The van der Waals surface area contributed by atoms with Crippen molar-refractivity contribution in [2.45, 2.75) is 31.6 Å². The fourth-order valence-electron chi connectivity index (χ4n) is 3.61. The highest BCUT2D eigenvalue weighted by Crippen LogP contribution is 2.26. The van der Waals surface area contributed by atoms with E-state index in [0.717, 1.165) is 9.87 Å². The molecule has 0 bridgehead atoms. The molecule has 0 radical (unpaired) electrons. The zero-order chi connectivity index (χ0) is 23.3. The van der Waals surface area contributed by atoms with Crippen LogP contribution in [-0.2, 0) is 24.3 Å². The summed E-state index contributed by atoms with van der Waals surface area (Å²) in [6, 6.07) is 12.8. The van der Waals surface area contributed by atoms with Gasteiger partial charge >= 0.3 is 5.97 Å². The maximum absolute atomic E-state index is 13.4. The number of carbonyl (C=O) groups excluding carboxylic acids is 2. The number of nitrogens with zero attached hydrogens (tertiary/aromatic N) is 2. The Morgan fingerprint density at radius 3 is 2.22 bits per heavy atom. The van der Waals surface area contributed by atoms with Crippen LogP contribution in [0.25, 0.3) is 0 Å². The van der Waals surface area contributed by atoms with E-state index in [1.807, 2.05) is 6.92 Å². The average molecular weight is 479 g/mol. The molecule has 0 aromatic heterocycles. The zero-order valence-corrected chi connectivity index (χ0v) is 19.7. The van der Waals surface area contributed by atoms with Crippen LogP contribution in [0, 0.1) is 12.8 Å². The van der Waals surface area contributed by atoms with Gasteiger partial charge in [-0.2, -0.15) is 0 Å². The molecule has 172 valence electrons. The lowest BCUT2D eigenvalue weighted by atomic mass is 9.97. The van der Waals surface area contributed by atoms with E-state index in [2.05, 4.69) is 0 Å².